The molecular formula is C11H15N3O2. The molecule has 5 nitrogen and oxygen atoms in total. The van der Waals surface area contributed by atoms with Crippen molar-refractivity contribution in [2.75, 3.05) is 13.2 Å². The zero-order valence-corrected chi connectivity index (χ0v) is 9.27. The number of ether oxygens (including phenoxy) is 1. The van der Waals surface area contributed by atoms with Gasteiger partial charge in [-0.1, -0.05) is 5.57 Å². The van der Waals surface area contributed by atoms with Crippen LogP contribution in [0.4, 0.5) is 0 Å². The van der Waals surface area contributed by atoms with Crippen LogP contribution in [0.1, 0.15) is 29.0 Å². The standard InChI is InChI=1S/C11H15N3O2/c1-14-9(7-10(13-14)11(12)15)6-8-2-4-16-5-3-8/h6-7H,2-5H2,1H3,(H2,12,15). The number of hydrogen-bond donors (Lipinski definition) is 1. The van der Waals surface area contributed by atoms with Gasteiger partial charge in [-0.3, -0.25) is 9.48 Å². The molecule has 0 bridgehead atoms. The molecule has 2 rings (SSSR count). The molecule has 0 saturated carbocycles. The molecule has 2 N–H and O–H groups in total. The number of amides is 1. The van der Waals surface area contributed by atoms with Gasteiger partial charge in [0.15, 0.2) is 5.69 Å². The highest BCUT2D eigenvalue weighted by atomic mass is 16.5. The Morgan fingerprint density at radius 1 is 1.56 bits per heavy atom. The first-order chi connectivity index (χ1) is 7.66. The SMILES string of the molecule is Cn1nc(C(N)=O)cc1C=C1CCOCC1. The number of carbonyl (C=O) groups is 1. The van der Waals surface area contributed by atoms with Crippen molar-refractivity contribution >= 4 is 12.0 Å². The number of hydrogen-bond acceptors (Lipinski definition) is 3. The van der Waals surface area contributed by atoms with Gasteiger partial charge in [0.2, 0.25) is 0 Å². The number of carbonyl (C=O) groups excluding carboxylic acids is 1. The van der Waals surface area contributed by atoms with E-state index in [-0.39, 0.29) is 0 Å². The molecule has 0 radical (unpaired) electrons. The summed E-state index contributed by atoms with van der Waals surface area (Å²) in [6, 6.07) is 1.71. The minimum absolute atomic E-state index is 0.307. The first kappa shape index (κ1) is 10.9. The third-order valence-corrected chi connectivity index (χ3v) is 2.66. The number of primary amides is 1. The minimum atomic E-state index is -0.493. The summed E-state index contributed by atoms with van der Waals surface area (Å²) in [7, 11) is 1.80. The van der Waals surface area contributed by atoms with Gasteiger partial charge in [-0.15, -0.1) is 0 Å². The summed E-state index contributed by atoms with van der Waals surface area (Å²) in [5.41, 5.74) is 7.71. The van der Waals surface area contributed by atoms with Crippen molar-refractivity contribution in [3.05, 3.63) is 23.0 Å². The fourth-order valence-corrected chi connectivity index (χ4v) is 1.72. The molecule has 0 aliphatic carbocycles. The van der Waals surface area contributed by atoms with Crippen LogP contribution in [0.25, 0.3) is 6.08 Å². The van der Waals surface area contributed by atoms with E-state index in [1.807, 2.05) is 0 Å². The summed E-state index contributed by atoms with van der Waals surface area (Å²) in [6.07, 6.45) is 3.94. The molecule has 5 heteroatoms. The van der Waals surface area contributed by atoms with Crippen LogP contribution in [-0.4, -0.2) is 28.9 Å². The zero-order chi connectivity index (χ0) is 11.5. The van der Waals surface area contributed by atoms with Crippen LogP contribution in [-0.2, 0) is 11.8 Å². The Morgan fingerprint density at radius 2 is 2.25 bits per heavy atom. The normalized spacial score (nSPS) is 16.2. The molecule has 86 valence electrons. The summed E-state index contributed by atoms with van der Waals surface area (Å²) >= 11 is 0. The van der Waals surface area contributed by atoms with Crippen molar-refractivity contribution in [2.45, 2.75) is 12.8 Å². The van der Waals surface area contributed by atoms with E-state index in [0.29, 0.717) is 5.69 Å². The largest absolute Gasteiger partial charge is 0.381 e. The molecular weight excluding hydrogens is 206 g/mol. The molecule has 0 spiro atoms. The van der Waals surface area contributed by atoms with E-state index in [2.05, 4.69) is 11.2 Å². The van der Waals surface area contributed by atoms with Crippen LogP contribution in [0.5, 0.6) is 0 Å². The third kappa shape index (κ3) is 2.30. The van der Waals surface area contributed by atoms with Gasteiger partial charge in [0.1, 0.15) is 0 Å². The average molecular weight is 221 g/mol. The van der Waals surface area contributed by atoms with E-state index in [9.17, 15) is 4.79 Å². The fourth-order valence-electron chi connectivity index (χ4n) is 1.72. The highest BCUT2D eigenvalue weighted by Crippen LogP contribution is 2.17. The monoisotopic (exact) mass is 221 g/mol. The van der Waals surface area contributed by atoms with Crippen LogP contribution in [0.15, 0.2) is 11.6 Å². The average Bonchev–Trinajstić information content (AvgIpc) is 2.62. The predicted octanol–water partition coefficient (Wildman–Crippen LogP) is 0.713. The van der Waals surface area contributed by atoms with Crippen LogP contribution < -0.4 is 5.73 Å². The summed E-state index contributed by atoms with van der Waals surface area (Å²) in [4.78, 5) is 11.0. The quantitative estimate of drug-likeness (QED) is 0.799. The van der Waals surface area contributed by atoms with E-state index in [1.165, 1.54) is 5.57 Å². The Morgan fingerprint density at radius 3 is 2.81 bits per heavy atom. The van der Waals surface area contributed by atoms with E-state index in [0.717, 1.165) is 31.7 Å². The van der Waals surface area contributed by atoms with Gasteiger partial charge in [0.25, 0.3) is 5.91 Å². The van der Waals surface area contributed by atoms with Gasteiger partial charge < -0.3 is 10.5 Å². The van der Waals surface area contributed by atoms with Gasteiger partial charge in [0.05, 0.1) is 18.9 Å². The van der Waals surface area contributed by atoms with E-state index < -0.39 is 5.91 Å². The summed E-state index contributed by atoms with van der Waals surface area (Å²) in [5, 5.41) is 4.04. The highest BCUT2D eigenvalue weighted by Gasteiger charge is 2.10. The van der Waals surface area contributed by atoms with Gasteiger partial charge >= 0.3 is 0 Å². The van der Waals surface area contributed by atoms with E-state index >= 15 is 0 Å². The Labute approximate surface area is 93.9 Å². The number of nitrogens with zero attached hydrogens (tertiary/aromatic N) is 2. The van der Waals surface area contributed by atoms with Gasteiger partial charge in [-0.25, -0.2) is 0 Å². The molecule has 1 aliphatic heterocycles. The van der Waals surface area contributed by atoms with E-state index in [1.54, 1.807) is 17.8 Å². The Kier molecular flexibility index (Phi) is 3.05. The summed E-state index contributed by atoms with van der Waals surface area (Å²) < 4.78 is 6.94. The maximum Gasteiger partial charge on any atom is 0.269 e. The van der Waals surface area contributed by atoms with Crippen molar-refractivity contribution in [1.29, 1.82) is 0 Å². The van der Waals surface area contributed by atoms with Crippen molar-refractivity contribution in [3.8, 4) is 0 Å². The Hall–Kier alpha value is -1.62. The van der Waals surface area contributed by atoms with Gasteiger partial charge in [-0.2, -0.15) is 5.10 Å². The predicted molar refractivity (Wildman–Crippen MR) is 59.8 cm³/mol. The second kappa shape index (κ2) is 4.49. The highest BCUT2D eigenvalue weighted by molar-refractivity contribution is 5.91. The molecule has 1 aromatic rings. The molecule has 1 fully saturated rings. The molecule has 1 amide bonds. The second-order valence-corrected chi connectivity index (χ2v) is 3.86. The van der Waals surface area contributed by atoms with Crippen LogP contribution in [0.3, 0.4) is 0 Å². The number of rotatable bonds is 2. The first-order valence-electron chi connectivity index (χ1n) is 5.28. The number of nitrogens with two attached hydrogens (primary N) is 1. The third-order valence-electron chi connectivity index (χ3n) is 2.66. The Balaban J connectivity index is 2.23. The summed E-state index contributed by atoms with van der Waals surface area (Å²) in [5.74, 6) is -0.493. The number of aromatic nitrogens is 2. The Bertz CT molecular complexity index is 426. The molecule has 16 heavy (non-hydrogen) atoms. The number of aryl methyl sites for hydroxylation is 1. The van der Waals surface area contributed by atoms with E-state index in [4.69, 9.17) is 10.5 Å². The van der Waals surface area contributed by atoms with Crippen LogP contribution in [0, 0.1) is 0 Å². The zero-order valence-electron chi connectivity index (χ0n) is 9.27. The molecule has 0 atom stereocenters. The lowest BCUT2D eigenvalue weighted by Gasteiger charge is -2.14. The van der Waals surface area contributed by atoms with Gasteiger partial charge in [0, 0.05) is 7.05 Å². The molecule has 1 saturated heterocycles. The van der Waals surface area contributed by atoms with Crippen molar-refractivity contribution in [1.82, 2.24) is 9.78 Å². The maximum absolute atomic E-state index is 11.0. The van der Waals surface area contributed by atoms with Crippen LogP contribution in [0.2, 0.25) is 0 Å². The topological polar surface area (TPSA) is 70.1 Å². The molecule has 2 heterocycles. The lowest BCUT2D eigenvalue weighted by atomic mass is 10.1. The lowest BCUT2D eigenvalue weighted by molar-refractivity contribution is 0.0995. The van der Waals surface area contributed by atoms with Crippen molar-refractivity contribution < 1.29 is 9.53 Å². The lowest BCUT2D eigenvalue weighted by Crippen LogP contribution is -2.11. The molecule has 0 unspecified atom stereocenters. The van der Waals surface area contributed by atoms with Crippen molar-refractivity contribution in [3.63, 3.8) is 0 Å². The first-order valence-corrected chi connectivity index (χ1v) is 5.28. The van der Waals surface area contributed by atoms with Crippen molar-refractivity contribution in [2.24, 2.45) is 12.8 Å². The van der Waals surface area contributed by atoms with Crippen LogP contribution >= 0.6 is 0 Å². The second-order valence-electron chi connectivity index (χ2n) is 3.86. The minimum Gasteiger partial charge on any atom is -0.381 e. The fraction of sp³-hybridized carbons (Fsp3) is 0.455. The van der Waals surface area contributed by atoms with Gasteiger partial charge in [-0.05, 0) is 25.0 Å². The maximum atomic E-state index is 11.0. The molecule has 1 aromatic heterocycles. The molecule has 0 aromatic carbocycles. The smallest absolute Gasteiger partial charge is 0.269 e. The molecule has 1 aliphatic rings. The summed E-state index contributed by atoms with van der Waals surface area (Å²) in [6.45, 7) is 1.54.